The van der Waals surface area contributed by atoms with E-state index in [0.717, 1.165) is 31.0 Å². The van der Waals surface area contributed by atoms with Crippen LogP contribution in [0, 0.1) is 5.92 Å². The number of halogens is 3. The number of hydrogen-bond donors (Lipinski definition) is 3. The largest absolute Gasteiger partial charge is 0.416 e. The summed E-state index contributed by atoms with van der Waals surface area (Å²) >= 11 is 0. The van der Waals surface area contributed by atoms with Crippen molar-refractivity contribution in [1.29, 1.82) is 0 Å². The normalized spacial score (nSPS) is 16.1. The minimum atomic E-state index is -4.55. The highest BCUT2D eigenvalue weighted by Gasteiger charge is 2.33. The van der Waals surface area contributed by atoms with E-state index in [9.17, 15) is 18.0 Å². The second kappa shape index (κ2) is 5.03. The minimum Gasteiger partial charge on any atom is -0.409 e. The first kappa shape index (κ1) is 14.2. The Morgan fingerprint density at radius 3 is 2.55 bits per heavy atom. The fourth-order valence-corrected chi connectivity index (χ4v) is 1.68. The highest BCUT2D eigenvalue weighted by Crippen LogP contribution is 2.33. The molecule has 108 valence electrons. The van der Waals surface area contributed by atoms with Gasteiger partial charge in [0.05, 0.1) is 11.3 Å². The van der Waals surface area contributed by atoms with Gasteiger partial charge in [-0.3, -0.25) is 4.79 Å². The van der Waals surface area contributed by atoms with Crippen LogP contribution in [-0.4, -0.2) is 17.0 Å². The molecule has 1 fully saturated rings. The van der Waals surface area contributed by atoms with E-state index >= 15 is 0 Å². The number of oxime groups is 1. The molecule has 0 heterocycles. The molecule has 20 heavy (non-hydrogen) atoms. The summed E-state index contributed by atoms with van der Waals surface area (Å²) in [5, 5.41) is 13.8. The molecule has 1 aliphatic carbocycles. The maximum atomic E-state index is 12.6. The molecule has 0 unspecified atom stereocenters. The minimum absolute atomic E-state index is 0.0881. The summed E-state index contributed by atoms with van der Waals surface area (Å²) in [6.07, 6.45) is -3.04. The SMILES string of the molecule is N/C(=N/O)c1cc(C(F)(F)F)ccc1NC(=O)C1CC1. The molecule has 0 spiro atoms. The average Bonchev–Trinajstić information content (AvgIpc) is 3.21. The van der Waals surface area contributed by atoms with Gasteiger partial charge in [0.15, 0.2) is 5.84 Å². The number of nitrogens with zero attached hydrogens (tertiary/aromatic N) is 1. The molecule has 5 nitrogen and oxygen atoms in total. The summed E-state index contributed by atoms with van der Waals surface area (Å²) in [4.78, 5) is 11.6. The molecular formula is C12H12F3N3O2. The fourth-order valence-electron chi connectivity index (χ4n) is 1.68. The van der Waals surface area contributed by atoms with Crippen LogP contribution >= 0.6 is 0 Å². The molecule has 1 aromatic carbocycles. The Bertz CT molecular complexity index is 566. The number of benzene rings is 1. The van der Waals surface area contributed by atoms with Crippen LogP contribution in [0.4, 0.5) is 18.9 Å². The molecule has 1 amide bonds. The number of carbonyl (C=O) groups is 1. The number of alkyl halides is 3. The first-order chi connectivity index (χ1) is 9.32. The van der Waals surface area contributed by atoms with E-state index in [2.05, 4.69) is 10.5 Å². The molecule has 1 saturated carbocycles. The van der Waals surface area contributed by atoms with Crippen LogP contribution in [0.2, 0.25) is 0 Å². The van der Waals surface area contributed by atoms with Gasteiger partial charge in [0, 0.05) is 11.5 Å². The zero-order valence-corrected chi connectivity index (χ0v) is 10.2. The van der Waals surface area contributed by atoms with Crippen LogP contribution in [-0.2, 0) is 11.0 Å². The topological polar surface area (TPSA) is 87.7 Å². The van der Waals surface area contributed by atoms with Gasteiger partial charge < -0.3 is 16.3 Å². The molecular weight excluding hydrogens is 275 g/mol. The Balaban J connectivity index is 2.37. The average molecular weight is 287 g/mol. The van der Waals surface area contributed by atoms with Gasteiger partial charge in [-0.15, -0.1) is 0 Å². The Morgan fingerprint density at radius 2 is 2.05 bits per heavy atom. The predicted molar refractivity (Wildman–Crippen MR) is 65.3 cm³/mol. The zero-order valence-electron chi connectivity index (χ0n) is 10.2. The Hall–Kier alpha value is -2.25. The predicted octanol–water partition coefficient (Wildman–Crippen LogP) is 2.15. The molecule has 0 saturated heterocycles. The maximum Gasteiger partial charge on any atom is 0.416 e. The van der Waals surface area contributed by atoms with Crippen molar-refractivity contribution in [3.8, 4) is 0 Å². The highest BCUT2D eigenvalue weighted by molar-refractivity contribution is 6.06. The molecule has 0 atom stereocenters. The maximum absolute atomic E-state index is 12.6. The number of nitrogens with one attached hydrogen (secondary N) is 1. The monoisotopic (exact) mass is 287 g/mol. The first-order valence-corrected chi connectivity index (χ1v) is 5.83. The van der Waals surface area contributed by atoms with E-state index in [4.69, 9.17) is 10.9 Å². The molecule has 0 radical (unpaired) electrons. The van der Waals surface area contributed by atoms with Gasteiger partial charge in [-0.05, 0) is 31.0 Å². The van der Waals surface area contributed by atoms with Crippen molar-refractivity contribution < 1.29 is 23.2 Å². The van der Waals surface area contributed by atoms with Gasteiger partial charge in [0.25, 0.3) is 0 Å². The Kier molecular flexibility index (Phi) is 3.56. The van der Waals surface area contributed by atoms with Crippen LogP contribution in [0.25, 0.3) is 0 Å². The molecule has 4 N–H and O–H groups in total. The van der Waals surface area contributed by atoms with Crippen molar-refractivity contribution in [2.24, 2.45) is 16.8 Å². The molecule has 1 aromatic rings. The van der Waals surface area contributed by atoms with Gasteiger partial charge in [-0.2, -0.15) is 13.2 Å². The standard InChI is InChI=1S/C12H12F3N3O2/c13-12(14,15)7-3-4-9(8(5-7)10(16)18-20)17-11(19)6-1-2-6/h3-6,20H,1-2H2,(H2,16,18)(H,17,19). The third-order valence-electron chi connectivity index (χ3n) is 2.94. The Morgan fingerprint density at radius 1 is 1.40 bits per heavy atom. The lowest BCUT2D eigenvalue weighted by Crippen LogP contribution is -2.21. The number of amides is 1. The van der Waals surface area contributed by atoms with Crippen molar-refractivity contribution >= 4 is 17.4 Å². The third kappa shape index (κ3) is 3.01. The van der Waals surface area contributed by atoms with Crippen molar-refractivity contribution in [1.82, 2.24) is 0 Å². The van der Waals surface area contributed by atoms with Crippen LogP contribution < -0.4 is 11.1 Å². The van der Waals surface area contributed by atoms with Crippen LogP contribution in [0.15, 0.2) is 23.4 Å². The van der Waals surface area contributed by atoms with E-state index in [1.54, 1.807) is 0 Å². The van der Waals surface area contributed by atoms with Crippen molar-refractivity contribution in [2.75, 3.05) is 5.32 Å². The van der Waals surface area contributed by atoms with Crippen molar-refractivity contribution in [3.05, 3.63) is 29.3 Å². The summed E-state index contributed by atoms with van der Waals surface area (Å²) < 4.78 is 37.9. The van der Waals surface area contributed by atoms with Gasteiger partial charge in [0.1, 0.15) is 0 Å². The summed E-state index contributed by atoms with van der Waals surface area (Å²) in [6.45, 7) is 0. The van der Waals surface area contributed by atoms with Gasteiger partial charge in [-0.1, -0.05) is 5.16 Å². The smallest absolute Gasteiger partial charge is 0.409 e. The second-order valence-electron chi connectivity index (χ2n) is 4.51. The Labute approximate surface area is 112 Å². The lowest BCUT2D eigenvalue weighted by atomic mass is 10.1. The van der Waals surface area contributed by atoms with Gasteiger partial charge in [-0.25, -0.2) is 0 Å². The number of anilines is 1. The van der Waals surface area contributed by atoms with E-state index in [1.165, 1.54) is 0 Å². The molecule has 1 aliphatic rings. The summed E-state index contributed by atoms with van der Waals surface area (Å²) in [6, 6.07) is 2.66. The van der Waals surface area contributed by atoms with Gasteiger partial charge in [0.2, 0.25) is 5.91 Å². The molecule has 8 heteroatoms. The van der Waals surface area contributed by atoms with Crippen molar-refractivity contribution in [2.45, 2.75) is 19.0 Å². The number of rotatable bonds is 3. The molecule has 0 bridgehead atoms. The van der Waals surface area contributed by atoms with E-state index in [0.29, 0.717) is 0 Å². The summed E-state index contributed by atoms with van der Waals surface area (Å²) in [5.74, 6) is -0.892. The van der Waals surface area contributed by atoms with Crippen LogP contribution in [0.3, 0.4) is 0 Å². The lowest BCUT2D eigenvalue weighted by molar-refractivity contribution is -0.137. The molecule has 0 aromatic heterocycles. The zero-order chi connectivity index (χ0) is 14.9. The second-order valence-corrected chi connectivity index (χ2v) is 4.51. The highest BCUT2D eigenvalue weighted by atomic mass is 19.4. The van der Waals surface area contributed by atoms with Crippen LogP contribution in [0.1, 0.15) is 24.0 Å². The number of nitrogens with two attached hydrogens (primary N) is 1. The summed E-state index contributed by atoms with van der Waals surface area (Å²) in [5.41, 5.74) is 4.33. The van der Waals surface area contributed by atoms with E-state index in [1.807, 2.05) is 0 Å². The van der Waals surface area contributed by atoms with E-state index < -0.39 is 17.6 Å². The van der Waals surface area contributed by atoms with Gasteiger partial charge >= 0.3 is 6.18 Å². The number of hydrogen-bond acceptors (Lipinski definition) is 3. The lowest BCUT2D eigenvalue weighted by Gasteiger charge is -2.13. The fraction of sp³-hybridized carbons (Fsp3) is 0.333. The van der Waals surface area contributed by atoms with E-state index in [-0.39, 0.29) is 23.1 Å². The third-order valence-corrected chi connectivity index (χ3v) is 2.94. The molecule has 0 aliphatic heterocycles. The summed E-state index contributed by atoms with van der Waals surface area (Å²) in [7, 11) is 0. The van der Waals surface area contributed by atoms with Crippen molar-refractivity contribution in [3.63, 3.8) is 0 Å². The first-order valence-electron chi connectivity index (χ1n) is 5.83. The quantitative estimate of drug-likeness (QED) is 0.344. The van der Waals surface area contributed by atoms with Crippen LogP contribution in [0.5, 0.6) is 0 Å². The number of carbonyl (C=O) groups excluding carboxylic acids is 1. The molecule has 2 rings (SSSR count). The number of amidine groups is 1.